The zero-order chi connectivity index (χ0) is 27.1. The van der Waals surface area contributed by atoms with Crippen molar-refractivity contribution in [3.8, 4) is 5.88 Å². The molecule has 1 amide bonds. The first-order chi connectivity index (χ1) is 17.3. The molecule has 3 heterocycles. The summed E-state index contributed by atoms with van der Waals surface area (Å²) in [4.78, 5) is 29.8. The lowest BCUT2D eigenvalue weighted by Crippen LogP contribution is -2.44. The van der Waals surface area contributed by atoms with Crippen molar-refractivity contribution < 1.29 is 23.0 Å². The number of nitrogens with one attached hydrogen (secondary N) is 1. The number of halogens is 2. The standard InChI is InChI=1S/C25H32F2N6O3S/c1-14-19(27)20(35-7)29-21(28-14)33-11-15-12-37-22(30-23(34)36-24(2,3)4)31-25(15,13-33)17-10-16(32(5)6)8-9-18(17)26/h8-10,15H,11-13H2,1-7H3,(H,30,31,34)/t15-,25-/m0/s1. The second-order valence-corrected chi connectivity index (χ2v) is 11.4. The van der Waals surface area contributed by atoms with Crippen LogP contribution in [0.25, 0.3) is 0 Å². The fraction of sp³-hybridized carbons (Fsp3) is 0.520. The molecule has 0 unspecified atom stereocenters. The highest BCUT2D eigenvalue weighted by Gasteiger charge is 2.52. The molecule has 2 atom stereocenters. The number of alkyl carbamates (subject to hydrolysis) is 1. The quantitative estimate of drug-likeness (QED) is 0.627. The monoisotopic (exact) mass is 534 g/mol. The number of carbonyl (C=O) groups is 1. The van der Waals surface area contributed by atoms with Crippen LogP contribution < -0.4 is 19.9 Å². The molecule has 37 heavy (non-hydrogen) atoms. The Hall–Kier alpha value is -3.15. The van der Waals surface area contributed by atoms with Gasteiger partial charge >= 0.3 is 6.09 Å². The summed E-state index contributed by atoms with van der Waals surface area (Å²) in [6, 6.07) is 4.92. The molecule has 1 aromatic heterocycles. The molecule has 1 N–H and O–H groups in total. The van der Waals surface area contributed by atoms with Crippen LogP contribution in [-0.4, -0.2) is 66.9 Å². The van der Waals surface area contributed by atoms with E-state index < -0.39 is 28.9 Å². The van der Waals surface area contributed by atoms with Crippen molar-refractivity contribution in [2.75, 3.05) is 49.8 Å². The second-order valence-electron chi connectivity index (χ2n) is 10.3. The number of hydrogen-bond acceptors (Lipinski definition) is 9. The van der Waals surface area contributed by atoms with Gasteiger partial charge in [-0.25, -0.2) is 19.2 Å². The molecule has 2 aliphatic rings. The number of fused-ring (bicyclic) bond motifs is 1. The summed E-state index contributed by atoms with van der Waals surface area (Å²) in [7, 11) is 5.10. The number of anilines is 2. The lowest BCUT2D eigenvalue weighted by molar-refractivity contribution is 0.0564. The predicted molar refractivity (Wildman–Crippen MR) is 141 cm³/mol. The van der Waals surface area contributed by atoms with Gasteiger partial charge in [-0.1, -0.05) is 11.8 Å². The molecule has 200 valence electrons. The van der Waals surface area contributed by atoms with Gasteiger partial charge in [-0.15, -0.1) is 0 Å². The number of ether oxygens (including phenoxy) is 2. The fourth-order valence-corrected chi connectivity index (χ4v) is 5.63. The number of amides is 1. The molecule has 4 rings (SSSR count). The van der Waals surface area contributed by atoms with Gasteiger partial charge in [0.25, 0.3) is 5.88 Å². The van der Waals surface area contributed by atoms with Crippen molar-refractivity contribution in [3.63, 3.8) is 0 Å². The van der Waals surface area contributed by atoms with Crippen molar-refractivity contribution in [1.82, 2.24) is 15.3 Å². The Morgan fingerprint density at radius 1 is 1.27 bits per heavy atom. The van der Waals surface area contributed by atoms with E-state index in [0.717, 1.165) is 5.69 Å². The molecule has 0 saturated carbocycles. The minimum Gasteiger partial charge on any atom is -0.479 e. The summed E-state index contributed by atoms with van der Waals surface area (Å²) in [5, 5.41) is 3.07. The maximum Gasteiger partial charge on any atom is 0.413 e. The van der Waals surface area contributed by atoms with Gasteiger partial charge in [-0.3, -0.25) is 5.32 Å². The van der Waals surface area contributed by atoms with Crippen molar-refractivity contribution in [2.24, 2.45) is 10.9 Å². The number of aryl methyl sites for hydroxylation is 1. The summed E-state index contributed by atoms with van der Waals surface area (Å²) < 4.78 is 40.4. The second kappa shape index (κ2) is 9.96. The van der Waals surface area contributed by atoms with Crippen molar-refractivity contribution in [2.45, 2.75) is 38.8 Å². The van der Waals surface area contributed by atoms with Gasteiger partial charge < -0.3 is 19.3 Å². The maximum absolute atomic E-state index is 15.5. The number of nitrogens with zero attached hydrogens (tertiary/aromatic N) is 5. The van der Waals surface area contributed by atoms with E-state index >= 15 is 4.39 Å². The molecule has 1 fully saturated rings. The highest BCUT2D eigenvalue weighted by molar-refractivity contribution is 8.13. The van der Waals surface area contributed by atoms with E-state index in [9.17, 15) is 9.18 Å². The molecule has 0 bridgehead atoms. The topological polar surface area (TPSA) is 92.2 Å². The van der Waals surface area contributed by atoms with Crippen LogP contribution >= 0.6 is 11.8 Å². The third-order valence-electron chi connectivity index (χ3n) is 6.26. The molecule has 0 aliphatic carbocycles. The van der Waals surface area contributed by atoms with E-state index in [2.05, 4.69) is 15.3 Å². The molecule has 12 heteroatoms. The van der Waals surface area contributed by atoms with E-state index in [-0.39, 0.29) is 30.0 Å². The van der Waals surface area contributed by atoms with E-state index in [1.807, 2.05) is 23.9 Å². The third-order valence-corrected chi connectivity index (χ3v) is 7.30. The van der Waals surface area contributed by atoms with Crippen molar-refractivity contribution in [3.05, 3.63) is 41.1 Å². The van der Waals surface area contributed by atoms with Crippen LogP contribution in [0.4, 0.5) is 25.2 Å². The minimum atomic E-state index is -1.05. The van der Waals surface area contributed by atoms with Crippen LogP contribution in [0.5, 0.6) is 5.88 Å². The van der Waals surface area contributed by atoms with Gasteiger partial charge in [0, 0.05) is 43.6 Å². The molecule has 0 radical (unpaired) electrons. The Morgan fingerprint density at radius 2 is 2.00 bits per heavy atom. The summed E-state index contributed by atoms with van der Waals surface area (Å²) in [6.07, 6.45) is -0.632. The van der Waals surface area contributed by atoms with Gasteiger partial charge in [0.2, 0.25) is 11.8 Å². The predicted octanol–water partition coefficient (Wildman–Crippen LogP) is 4.10. The molecular weight excluding hydrogens is 502 g/mol. The number of amidine groups is 1. The van der Waals surface area contributed by atoms with Gasteiger partial charge in [0.05, 0.1) is 19.3 Å². The first kappa shape index (κ1) is 26.9. The molecule has 2 aliphatic heterocycles. The molecule has 2 aromatic rings. The number of carbonyl (C=O) groups excluding carboxylic acids is 1. The minimum absolute atomic E-state index is 0.145. The number of aliphatic imine (C=N–C) groups is 1. The zero-order valence-electron chi connectivity index (χ0n) is 22.1. The van der Waals surface area contributed by atoms with Gasteiger partial charge in [-0.2, -0.15) is 9.37 Å². The van der Waals surface area contributed by atoms with Crippen molar-refractivity contribution >= 4 is 34.7 Å². The number of rotatable bonds is 4. The first-order valence-corrected chi connectivity index (χ1v) is 12.8. The van der Waals surface area contributed by atoms with E-state index in [4.69, 9.17) is 14.5 Å². The Kier molecular flexibility index (Phi) is 7.24. The number of thioether (sulfide) groups is 1. The van der Waals surface area contributed by atoms with Crippen LogP contribution in [0.15, 0.2) is 23.2 Å². The SMILES string of the molecule is COc1nc(N2C[C@H]3CSC(NC(=O)OC(C)(C)C)=N[C@@]3(c3cc(N(C)C)ccc3F)C2)nc(C)c1F. The summed E-state index contributed by atoms with van der Waals surface area (Å²) in [5.41, 5.74) is -0.367. The molecular formula is C25H32F2N6O3S. The van der Waals surface area contributed by atoms with Gasteiger partial charge in [0.1, 0.15) is 17.0 Å². The average molecular weight is 535 g/mol. The van der Waals surface area contributed by atoms with Crippen LogP contribution in [-0.2, 0) is 10.3 Å². The Balaban J connectivity index is 1.79. The average Bonchev–Trinajstić information content (AvgIpc) is 3.19. The van der Waals surface area contributed by atoms with E-state index in [1.165, 1.54) is 24.9 Å². The summed E-state index contributed by atoms with van der Waals surface area (Å²) in [6.45, 7) is 7.54. The Morgan fingerprint density at radius 3 is 2.65 bits per heavy atom. The van der Waals surface area contributed by atoms with Crippen LogP contribution in [0.3, 0.4) is 0 Å². The van der Waals surface area contributed by atoms with E-state index in [0.29, 0.717) is 23.0 Å². The molecule has 9 nitrogen and oxygen atoms in total. The highest BCUT2D eigenvalue weighted by Crippen LogP contribution is 2.48. The Bertz CT molecular complexity index is 1240. The lowest BCUT2D eigenvalue weighted by atomic mass is 9.81. The summed E-state index contributed by atoms with van der Waals surface area (Å²) >= 11 is 1.37. The first-order valence-electron chi connectivity index (χ1n) is 11.9. The Labute approximate surface area is 219 Å². The third kappa shape index (κ3) is 5.43. The number of methoxy groups -OCH3 is 1. The van der Waals surface area contributed by atoms with E-state index in [1.54, 1.807) is 39.8 Å². The van der Waals surface area contributed by atoms with Crippen LogP contribution in [0.2, 0.25) is 0 Å². The lowest BCUT2D eigenvalue weighted by Gasteiger charge is -2.36. The normalized spacial score (nSPS) is 21.3. The smallest absolute Gasteiger partial charge is 0.413 e. The maximum atomic E-state index is 15.5. The number of aromatic nitrogens is 2. The van der Waals surface area contributed by atoms with Gasteiger partial charge in [0.15, 0.2) is 5.17 Å². The number of hydrogen-bond donors (Lipinski definition) is 1. The fourth-order valence-electron chi connectivity index (χ4n) is 4.50. The molecule has 1 saturated heterocycles. The highest BCUT2D eigenvalue weighted by atomic mass is 32.2. The molecule has 0 spiro atoms. The van der Waals surface area contributed by atoms with Crippen LogP contribution in [0, 0.1) is 24.5 Å². The summed E-state index contributed by atoms with van der Waals surface area (Å²) in [5.74, 6) is -0.506. The largest absolute Gasteiger partial charge is 0.479 e. The van der Waals surface area contributed by atoms with Gasteiger partial charge in [-0.05, 0) is 45.9 Å². The number of benzene rings is 1. The van der Waals surface area contributed by atoms with Crippen LogP contribution in [0.1, 0.15) is 32.0 Å². The molecule has 1 aromatic carbocycles. The zero-order valence-corrected chi connectivity index (χ0v) is 22.9. The van der Waals surface area contributed by atoms with Crippen molar-refractivity contribution in [1.29, 1.82) is 0 Å².